The first-order chi connectivity index (χ1) is 8.16. The van der Waals surface area contributed by atoms with E-state index >= 15 is 0 Å². The predicted molar refractivity (Wildman–Crippen MR) is 63.3 cm³/mol. The lowest BCUT2D eigenvalue weighted by Gasteiger charge is -2.08. The molecule has 1 amide bonds. The number of hydrogen-bond donors (Lipinski definition) is 1. The van der Waals surface area contributed by atoms with Crippen LogP contribution in [0.4, 0.5) is 10.1 Å². The van der Waals surface area contributed by atoms with Gasteiger partial charge in [0.05, 0.1) is 5.56 Å². The second kappa shape index (κ2) is 4.74. The molecule has 0 spiro atoms. The third-order valence-corrected chi connectivity index (χ3v) is 2.37. The van der Waals surface area contributed by atoms with Crippen LogP contribution in [-0.4, -0.2) is 10.9 Å². The molecular formula is C13H11FN2O. The van der Waals surface area contributed by atoms with Gasteiger partial charge in [0.2, 0.25) is 0 Å². The van der Waals surface area contributed by atoms with Gasteiger partial charge in [-0.05, 0) is 36.8 Å². The van der Waals surface area contributed by atoms with Crippen molar-refractivity contribution in [1.29, 1.82) is 0 Å². The smallest absolute Gasteiger partial charge is 0.257 e. The number of nitrogens with zero attached hydrogens (tertiary/aromatic N) is 1. The summed E-state index contributed by atoms with van der Waals surface area (Å²) in [5.41, 5.74) is 1.72. The molecule has 86 valence electrons. The van der Waals surface area contributed by atoms with Gasteiger partial charge in [0.15, 0.2) is 0 Å². The van der Waals surface area contributed by atoms with Crippen molar-refractivity contribution >= 4 is 11.6 Å². The molecule has 1 N–H and O–H groups in total. The Bertz CT molecular complexity index is 540. The number of carbonyl (C=O) groups excluding carboxylic acids is 1. The summed E-state index contributed by atoms with van der Waals surface area (Å²) in [6.07, 6.45) is 3.05. The van der Waals surface area contributed by atoms with Gasteiger partial charge in [0.1, 0.15) is 5.82 Å². The Morgan fingerprint density at radius 3 is 2.88 bits per heavy atom. The van der Waals surface area contributed by atoms with Gasteiger partial charge < -0.3 is 5.32 Å². The number of pyridine rings is 1. The van der Waals surface area contributed by atoms with Crippen molar-refractivity contribution in [1.82, 2.24) is 4.98 Å². The Hall–Kier alpha value is -2.23. The highest BCUT2D eigenvalue weighted by Gasteiger charge is 2.07. The minimum Gasteiger partial charge on any atom is -0.322 e. The molecule has 0 bridgehead atoms. The minimum absolute atomic E-state index is 0.299. The Morgan fingerprint density at radius 1 is 1.35 bits per heavy atom. The first-order valence-electron chi connectivity index (χ1n) is 5.14. The molecule has 2 aromatic rings. The van der Waals surface area contributed by atoms with Crippen molar-refractivity contribution in [3.63, 3.8) is 0 Å². The molecule has 1 aromatic heterocycles. The monoisotopic (exact) mass is 230 g/mol. The van der Waals surface area contributed by atoms with Crippen LogP contribution < -0.4 is 5.32 Å². The van der Waals surface area contributed by atoms with Gasteiger partial charge >= 0.3 is 0 Å². The van der Waals surface area contributed by atoms with E-state index in [2.05, 4.69) is 10.3 Å². The number of anilines is 1. The zero-order valence-electron chi connectivity index (χ0n) is 9.27. The van der Waals surface area contributed by atoms with Crippen LogP contribution >= 0.6 is 0 Å². The number of benzene rings is 1. The minimum atomic E-state index is -0.378. The molecule has 0 unspecified atom stereocenters. The number of amides is 1. The fourth-order valence-corrected chi connectivity index (χ4v) is 1.42. The first-order valence-corrected chi connectivity index (χ1v) is 5.14. The summed E-state index contributed by atoms with van der Waals surface area (Å²) in [7, 11) is 0. The second-order valence-corrected chi connectivity index (χ2v) is 3.66. The quantitative estimate of drug-likeness (QED) is 0.861. The Balaban J connectivity index is 2.22. The molecule has 0 aliphatic rings. The Morgan fingerprint density at radius 2 is 2.18 bits per heavy atom. The molecule has 0 radical (unpaired) electrons. The average Bonchev–Trinajstić information content (AvgIpc) is 2.35. The van der Waals surface area contributed by atoms with Gasteiger partial charge in [-0.25, -0.2) is 4.39 Å². The zero-order valence-corrected chi connectivity index (χ0v) is 9.27. The number of nitrogens with one attached hydrogen (secondary N) is 1. The summed E-state index contributed by atoms with van der Waals surface area (Å²) in [6, 6.07) is 7.59. The molecule has 4 heteroatoms. The Labute approximate surface area is 98.3 Å². The molecule has 17 heavy (non-hydrogen) atoms. The van der Waals surface area contributed by atoms with Gasteiger partial charge in [0, 0.05) is 18.1 Å². The van der Waals surface area contributed by atoms with E-state index in [0.29, 0.717) is 11.3 Å². The molecule has 0 fully saturated rings. The number of aromatic nitrogens is 1. The van der Waals surface area contributed by atoms with Crippen molar-refractivity contribution < 1.29 is 9.18 Å². The topological polar surface area (TPSA) is 42.0 Å². The molecule has 0 saturated heterocycles. The van der Waals surface area contributed by atoms with Crippen molar-refractivity contribution in [2.24, 2.45) is 0 Å². The predicted octanol–water partition coefficient (Wildman–Crippen LogP) is 2.78. The van der Waals surface area contributed by atoms with E-state index in [-0.39, 0.29) is 11.7 Å². The number of carbonyl (C=O) groups is 1. The van der Waals surface area contributed by atoms with Crippen molar-refractivity contribution in [3.8, 4) is 0 Å². The Kier molecular flexibility index (Phi) is 3.14. The summed E-state index contributed by atoms with van der Waals surface area (Å²) < 4.78 is 13.0. The fraction of sp³-hybridized carbons (Fsp3) is 0.0769. The van der Waals surface area contributed by atoms with Crippen LogP contribution in [0.2, 0.25) is 0 Å². The number of halogens is 1. The summed E-state index contributed by atoms with van der Waals surface area (Å²) in [6.45, 7) is 1.80. The van der Waals surface area contributed by atoms with E-state index in [1.165, 1.54) is 18.3 Å². The summed E-state index contributed by atoms with van der Waals surface area (Å²) in [5.74, 6) is -0.677. The SMILES string of the molecule is Cc1ccc(F)cc1NC(=O)c1cccnc1. The largest absolute Gasteiger partial charge is 0.322 e. The molecule has 1 aromatic carbocycles. The van der Waals surface area contributed by atoms with Crippen LogP contribution in [0, 0.1) is 12.7 Å². The molecule has 0 atom stereocenters. The van der Waals surface area contributed by atoms with Gasteiger partial charge in [-0.1, -0.05) is 6.07 Å². The van der Waals surface area contributed by atoms with Gasteiger partial charge in [-0.3, -0.25) is 9.78 Å². The molecule has 0 saturated carbocycles. The molecule has 0 aliphatic carbocycles. The molecule has 3 nitrogen and oxygen atoms in total. The van der Waals surface area contributed by atoms with Crippen LogP contribution in [0.5, 0.6) is 0 Å². The summed E-state index contributed by atoms with van der Waals surface area (Å²) in [5, 5.41) is 2.65. The van der Waals surface area contributed by atoms with E-state index < -0.39 is 0 Å². The fourth-order valence-electron chi connectivity index (χ4n) is 1.42. The number of aryl methyl sites for hydroxylation is 1. The maximum Gasteiger partial charge on any atom is 0.257 e. The normalized spacial score (nSPS) is 10.0. The van der Waals surface area contributed by atoms with Gasteiger partial charge in [-0.15, -0.1) is 0 Å². The van der Waals surface area contributed by atoms with Crippen LogP contribution in [0.25, 0.3) is 0 Å². The van der Waals surface area contributed by atoms with E-state index in [9.17, 15) is 9.18 Å². The molecule has 2 rings (SSSR count). The van der Waals surface area contributed by atoms with E-state index in [4.69, 9.17) is 0 Å². The van der Waals surface area contributed by atoms with Crippen molar-refractivity contribution in [2.75, 3.05) is 5.32 Å². The standard InChI is InChI=1S/C13H11FN2O/c1-9-4-5-11(14)7-12(9)16-13(17)10-3-2-6-15-8-10/h2-8H,1H3,(H,16,17). The lowest BCUT2D eigenvalue weighted by molar-refractivity contribution is 0.102. The lowest BCUT2D eigenvalue weighted by atomic mass is 10.2. The summed E-state index contributed by atoms with van der Waals surface area (Å²) >= 11 is 0. The molecule has 0 aliphatic heterocycles. The maximum absolute atomic E-state index is 13.0. The van der Waals surface area contributed by atoms with E-state index in [0.717, 1.165) is 5.56 Å². The first kappa shape index (κ1) is 11.3. The molecular weight excluding hydrogens is 219 g/mol. The lowest BCUT2D eigenvalue weighted by Crippen LogP contribution is -2.13. The highest BCUT2D eigenvalue weighted by Crippen LogP contribution is 2.16. The maximum atomic E-state index is 13.0. The van der Waals surface area contributed by atoms with E-state index in [1.54, 1.807) is 31.3 Å². The number of hydrogen-bond acceptors (Lipinski definition) is 2. The van der Waals surface area contributed by atoms with Crippen molar-refractivity contribution in [3.05, 3.63) is 59.7 Å². The van der Waals surface area contributed by atoms with Crippen LogP contribution in [0.3, 0.4) is 0 Å². The van der Waals surface area contributed by atoms with Gasteiger partial charge in [-0.2, -0.15) is 0 Å². The van der Waals surface area contributed by atoms with Crippen LogP contribution in [-0.2, 0) is 0 Å². The highest BCUT2D eigenvalue weighted by atomic mass is 19.1. The number of rotatable bonds is 2. The van der Waals surface area contributed by atoms with Crippen molar-refractivity contribution in [2.45, 2.75) is 6.92 Å². The van der Waals surface area contributed by atoms with Crippen LogP contribution in [0.1, 0.15) is 15.9 Å². The zero-order chi connectivity index (χ0) is 12.3. The van der Waals surface area contributed by atoms with Crippen LogP contribution in [0.15, 0.2) is 42.7 Å². The third-order valence-electron chi connectivity index (χ3n) is 2.37. The summed E-state index contributed by atoms with van der Waals surface area (Å²) in [4.78, 5) is 15.7. The third kappa shape index (κ3) is 2.66. The highest BCUT2D eigenvalue weighted by molar-refractivity contribution is 6.04. The average molecular weight is 230 g/mol. The van der Waals surface area contributed by atoms with Gasteiger partial charge in [0.25, 0.3) is 5.91 Å². The molecule has 1 heterocycles. The second-order valence-electron chi connectivity index (χ2n) is 3.66. The van der Waals surface area contributed by atoms with E-state index in [1.807, 2.05) is 0 Å².